The zero-order valence-electron chi connectivity index (χ0n) is 12.0. The molecule has 0 bridgehead atoms. The summed E-state index contributed by atoms with van der Waals surface area (Å²) in [5.74, 6) is 11.3. The van der Waals surface area contributed by atoms with Crippen molar-refractivity contribution in [1.82, 2.24) is 0 Å². The van der Waals surface area contributed by atoms with Crippen molar-refractivity contribution in [3.05, 3.63) is 82.0 Å². The molecule has 2 aromatic rings. The molecule has 2 aromatic carbocycles. The SMILES string of the molecule is C/C([N+]#N)=C(/O)c1ccccc1C#CC#Cc1ccccc1. The van der Waals surface area contributed by atoms with Gasteiger partial charge in [-0.15, -0.1) is 0 Å². The highest BCUT2D eigenvalue weighted by molar-refractivity contribution is 5.68. The molecule has 0 aliphatic heterocycles. The Bertz CT molecular complexity index is 867. The summed E-state index contributed by atoms with van der Waals surface area (Å²) in [7, 11) is 0. The Morgan fingerprint density at radius 2 is 1.59 bits per heavy atom. The number of allylic oxidation sites excluding steroid dienone is 1. The van der Waals surface area contributed by atoms with Gasteiger partial charge in [0.25, 0.3) is 0 Å². The number of aliphatic hydroxyl groups excluding tert-OH is 1. The first-order valence-electron chi connectivity index (χ1n) is 6.64. The number of diazo groups is 1. The topological polar surface area (TPSA) is 48.4 Å². The van der Waals surface area contributed by atoms with Gasteiger partial charge in [-0.1, -0.05) is 42.2 Å². The zero-order chi connectivity index (χ0) is 15.8. The van der Waals surface area contributed by atoms with Crippen molar-refractivity contribution in [3.8, 4) is 23.7 Å². The Labute approximate surface area is 129 Å². The van der Waals surface area contributed by atoms with E-state index in [2.05, 4.69) is 28.7 Å². The van der Waals surface area contributed by atoms with Crippen LogP contribution in [0, 0.1) is 29.1 Å². The second-order valence-electron chi connectivity index (χ2n) is 4.45. The molecule has 3 nitrogen and oxygen atoms in total. The number of hydrogen-bond acceptors (Lipinski definition) is 2. The minimum absolute atomic E-state index is 0.108. The normalized spacial score (nSPS) is 10.2. The first-order chi connectivity index (χ1) is 10.7. The predicted octanol–water partition coefficient (Wildman–Crippen LogP) is 4.19. The molecule has 0 amide bonds. The third-order valence-corrected chi connectivity index (χ3v) is 2.92. The summed E-state index contributed by atoms with van der Waals surface area (Å²) in [4.78, 5) is 3.00. The summed E-state index contributed by atoms with van der Waals surface area (Å²) in [6.07, 6.45) is 0. The Morgan fingerprint density at radius 1 is 0.955 bits per heavy atom. The van der Waals surface area contributed by atoms with Gasteiger partial charge in [0.15, 0.2) is 4.98 Å². The first kappa shape index (κ1) is 14.9. The molecule has 0 saturated carbocycles. The maximum Gasteiger partial charge on any atom is 0.400 e. The smallest absolute Gasteiger partial charge is 0.400 e. The number of benzene rings is 2. The molecule has 0 aliphatic rings. The highest BCUT2D eigenvalue weighted by Crippen LogP contribution is 2.20. The first-order valence-corrected chi connectivity index (χ1v) is 6.64. The molecule has 104 valence electrons. The Balaban J connectivity index is 2.32. The molecule has 0 heterocycles. The molecule has 1 N–H and O–H groups in total. The fraction of sp³-hybridized carbons (Fsp3) is 0.0526. The summed E-state index contributed by atoms with van der Waals surface area (Å²) in [5.41, 5.74) is 2.14. The van der Waals surface area contributed by atoms with Gasteiger partial charge in [-0.05, 0) is 36.1 Å². The number of hydrogen-bond donors (Lipinski definition) is 1. The van der Waals surface area contributed by atoms with E-state index >= 15 is 0 Å². The molecule has 0 radical (unpaired) electrons. The van der Waals surface area contributed by atoms with E-state index in [1.807, 2.05) is 36.4 Å². The van der Waals surface area contributed by atoms with E-state index < -0.39 is 0 Å². The molecule has 2 rings (SSSR count). The lowest BCUT2D eigenvalue weighted by atomic mass is 10.1. The maximum atomic E-state index is 10.0. The molecule has 0 saturated heterocycles. The molecular formula is C19H13N2O+. The highest BCUT2D eigenvalue weighted by atomic mass is 16.3. The van der Waals surface area contributed by atoms with Gasteiger partial charge in [-0.25, -0.2) is 0 Å². The lowest BCUT2D eigenvalue weighted by molar-refractivity contribution is 0.507. The van der Waals surface area contributed by atoms with E-state index in [0.29, 0.717) is 11.1 Å². The summed E-state index contributed by atoms with van der Waals surface area (Å²) in [6.45, 7) is 1.51. The van der Waals surface area contributed by atoms with E-state index in [1.54, 1.807) is 18.2 Å². The van der Waals surface area contributed by atoms with Crippen molar-refractivity contribution in [3.63, 3.8) is 0 Å². The largest absolute Gasteiger partial charge is 0.501 e. The Kier molecular flexibility index (Phi) is 4.98. The fourth-order valence-corrected chi connectivity index (χ4v) is 1.76. The van der Waals surface area contributed by atoms with Gasteiger partial charge in [0, 0.05) is 23.6 Å². The monoisotopic (exact) mass is 285 g/mol. The van der Waals surface area contributed by atoms with Crippen molar-refractivity contribution < 1.29 is 5.11 Å². The lowest BCUT2D eigenvalue weighted by Gasteiger charge is -1.99. The Hall–Kier alpha value is -3.48. The average molecular weight is 285 g/mol. The summed E-state index contributed by atoms with van der Waals surface area (Å²) >= 11 is 0. The average Bonchev–Trinajstić information content (AvgIpc) is 2.58. The van der Waals surface area contributed by atoms with E-state index in [9.17, 15) is 5.11 Å². The Morgan fingerprint density at radius 3 is 2.32 bits per heavy atom. The third-order valence-electron chi connectivity index (χ3n) is 2.92. The highest BCUT2D eigenvalue weighted by Gasteiger charge is 2.15. The van der Waals surface area contributed by atoms with Crippen LogP contribution in [0.5, 0.6) is 0 Å². The fourth-order valence-electron chi connectivity index (χ4n) is 1.76. The van der Waals surface area contributed by atoms with Gasteiger partial charge in [0.05, 0.1) is 0 Å². The van der Waals surface area contributed by atoms with Gasteiger partial charge in [0.2, 0.25) is 11.2 Å². The zero-order valence-corrected chi connectivity index (χ0v) is 12.0. The van der Waals surface area contributed by atoms with Crippen LogP contribution in [0.1, 0.15) is 23.6 Å². The van der Waals surface area contributed by atoms with Gasteiger partial charge in [-0.2, -0.15) is 0 Å². The van der Waals surface area contributed by atoms with Crippen LogP contribution < -0.4 is 0 Å². The van der Waals surface area contributed by atoms with E-state index in [-0.39, 0.29) is 11.5 Å². The van der Waals surface area contributed by atoms with Crippen LogP contribution in [-0.4, -0.2) is 5.11 Å². The van der Waals surface area contributed by atoms with Crippen molar-refractivity contribution in [2.24, 2.45) is 0 Å². The summed E-state index contributed by atoms with van der Waals surface area (Å²) < 4.78 is 0. The second kappa shape index (κ2) is 7.34. The molecule has 3 heteroatoms. The lowest BCUT2D eigenvalue weighted by Crippen LogP contribution is -1.90. The van der Waals surface area contributed by atoms with Crippen LogP contribution in [0.15, 0.2) is 60.3 Å². The predicted molar refractivity (Wildman–Crippen MR) is 86.9 cm³/mol. The number of aliphatic hydroxyl groups is 1. The second-order valence-corrected chi connectivity index (χ2v) is 4.45. The molecule has 22 heavy (non-hydrogen) atoms. The van der Waals surface area contributed by atoms with Crippen LogP contribution in [0.25, 0.3) is 10.7 Å². The molecule has 0 unspecified atom stereocenters. The summed E-state index contributed by atoms with van der Waals surface area (Å²) in [5, 5.41) is 18.8. The van der Waals surface area contributed by atoms with Crippen LogP contribution in [0.2, 0.25) is 0 Å². The van der Waals surface area contributed by atoms with E-state index in [1.165, 1.54) is 6.92 Å². The van der Waals surface area contributed by atoms with Gasteiger partial charge in [-0.3, -0.25) is 0 Å². The van der Waals surface area contributed by atoms with E-state index in [4.69, 9.17) is 5.39 Å². The molecule has 0 spiro atoms. The third kappa shape index (κ3) is 3.76. The van der Waals surface area contributed by atoms with Crippen LogP contribution >= 0.6 is 0 Å². The quantitative estimate of drug-likeness (QED) is 0.485. The van der Waals surface area contributed by atoms with Gasteiger partial charge >= 0.3 is 5.70 Å². The van der Waals surface area contributed by atoms with Crippen LogP contribution in [0.4, 0.5) is 0 Å². The minimum atomic E-state index is -0.108. The molecule has 0 atom stereocenters. The van der Waals surface area contributed by atoms with Crippen LogP contribution in [-0.2, 0) is 0 Å². The van der Waals surface area contributed by atoms with Crippen molar-refractivity contribution >= 4 is 5.76 Å². The van der Waals surface area contributed by atoms with Crippen molar-refractivity contribution in [2.75, 3.05) is 0 Å². The van der Waals surface area contributed by atoms with E-state index in [0.717, 1.165) is 5.56 Å². The van der Waals surface area contributed by atoms with Crippen molar-refractivity contribution in [2.45, 2.75) is 6.92 Å². The van der Waals surface area contributed by atoms with Gasteiger partial charge < -0.3 is 5.11 Å². The summed E-state index contributed by atoms with van der Waals surface area (Å²) in [6, 6.07) is 16.6. The number of rotatable bonds is 1. The van der Waals surface area contributed by atoms with Gasteiger partial charge in [0.1, 0.15) is 0 Å². The molecule has 0 fully saturated rings. The molecule has 0 aromatic heterocycles. The minimum Gasteiger partial charge on any atom is -0.501 e. The maximum absolute atomic E-state index is 10.0. The standard InChI is InChI=1S/C19H12N2O/c1-15(21-20)19(22)18-14-8-7-13-17(18)12-6-5-11-16-9-3-2-4-10-16/h2-4,7-10,13-14H,1H3/p+1/b19-15-. The van der Waals surface area contributed by atoms with Crippen molar-refractivity contribution in [1.29, 1.82) is 5.39 Å². The molecular weight excluding hydrogens is 272 g/mol. The number of nitrogens with zero attached hydrogens (tertiary/aromatic N) is 2. The van der Waals surface area contributed by atoms with Crippen LogP contribution in [0.3, 0.4) is 0 Å². The molecule has 0 aliphatic carbocycles.